The number of hydrogen-bond donors (Lipinski definition) is 3. The van der Waals surface area contributed by atoms with Crippen LogP contribution in [-0.2, 0) is 16.6 Å². The van der Waals surface area contributed by atoms with Crippen LogP contribution in [0.1, 0.15) is 60.8 Å². The predicted octanol–water partition coefficient (Wildman–Crippen LogP) is 4.91. The Kier molecular flexibility index (Phi) is 6.63. The highest BCUT2D eigenvalue weighted by Gasteiger charge is 2.40. The first-order valence-electron chi connectivity index (χ1n) is 12.6. The largest absolute Gasteiger partial charge is 0.459 e. The summed E-state index contributed by atoms with van der Waals surface area (Å²) in [5.41, 5.74) is 1.56. The fourth-order valence-electron chi connectivity index (χ4n) is 5.43. The van der Waals surface area contributed by atoms with Gasteiger partial charge in [0, 0.05) is 47.4 Å². The third-order valence-corrected chi connectivity index (χ3v) is 7.46. The smallest absolute Gasteiger partial charge is 0.287 e. The van der Waals surface area contributed by atoms with Gasteiger partial charge in [-0.25, -0.2) is 0 Å². The first-order valence-corrected chi connectivity index (χ1v) is 12.6. The highest BCUT2D eigenvalue weighted by molar-refractivity contribution is 5.98. The van der Waals surface area contributed by atoms with Crippen molar-refractivity contribution in [3.8, 4) is 0 Å². The number of aromatic nitrogens is 2. The second-order valence-corrected chi connectivity index (χ2v) is 10.0. The van der Waals surface area contributed by atoms with E-state index in [0.717, 1.165) is 47.8 Å². The Morgan fingerprint density at radius 3 is 2.61 bits per heavy atom. The highest BCUT2D eigenvalue weighted by atomic mass is 16.3. The molecule has 2 amide bonds. The zero-order chi connectivity index (χ0) is 25.0. The van der Waals surface area contributed by atoms with E-state index in [1.165, 1.54) is 12.7 Å². The summed E-state index contributed by atoms with van der Waals surface area (Å²) in [7, 11) is 0. The van der Waals surface area contributed by atoms with Crippen LogP contribution in [-0.4, -0.2) is 33.9 Å². The summed E-state index contributed by atoms with van der Waals surface area (Å²) in [5, 5.41) is 7.20. The molecule has 3 heterocycles. The molecule has 1 aliphatic carbocycles. The number of furan rings is 1. The minimum Gasteiger partial charge on any atom is -0.459 e. The maximum atomic E-state index is 13.9. The number of fused-ring (bicyclic) bond motifs is 1. The van der Waals surface area contributed by atoms with Crippen molar-refractivity contribution in [1.29, 1.82) is 0 Å². The first kappa shape index (κ1) is 23.9. The van der Waals surface area contributed by atoms with Crippen molar-refractivity contribution < 1.29 is 14.0 Å². The van der Waals surface area contributed by atoms with Crippen molar-refractivity contribution >= 4 is 22.7 Å². The molecular weight excluding hydrogens is 452 g/mol. The number of para-hydroxylation sites is 1. The number of rotatable bonds is 8. The van der Waals surface area contributed by atoms with Gasteiger partial charge >= 0.3 is 0 Å². The molecule has 4 aromatic rings. The van der Waals surface area contributed by atoms with Crippen molar-refractivity contribution in [1.82, 2.24) is 20.6 Å². The van der Waals surface area contributed by atoms with Crippen LogP contribution in [0, 0.1) is 0 Å². The first-order chi connectivity index (χ1) is 17.5. The maximum absolute atomic E-state index is 13.9. The predicted molar refractivity (Wildman–Crippen MR) is 139 cm³/mol. The van der Waals surface area contributed by atoms with Crippen molar-refractivity contribution in [2.24, 2.45) is 0 Å². The van der Waals surface area contributed by atoms with Crippen molar-refractivity contribution in [2.75, 3.05) is 6.54 Å². The Labute approximate surface area is 210 Å². The Morgan fingerprint density at radius 2 is 1.86 bits per heavy atom. The molecule has 0 unspecified atom stereocenters. The van der Waals surface area contributed by atoms with Gasteiger partial charge in [0.25, 0.3) is 5.91 Å². The lowest BCUT2D eigenvalue weighted by Crippen LogP contribution is -2.59. The number of H-pyrrole nitrogens is 1. The van der Waals surface area contributed by atoms with Gasteiger partial charge in [0.2, 0.25) is 5.91 Å². The maximum Gasteiger partial charge on any atom is 0.287 e. The zero-order valence-electron chi connectivity index (χ0n) is 20.5. The number of nitrogens with zero attached hydrogens (tertiary/aromatic N) is 1. The lowest BCUT2D eigenvalue weighted by atomic mass is 9.71. The van der Waals surface area contributed by atoms with Crippen LogP contribution in [0.5, 0.6) is 0 Å². The van der Waals surface area contributed by atoms with E-state index < -0.39 is 11.4 Å². The minimum absolute atomic E-state index is 0.171. The summed E-state index contributed by atoms with van der Waals surface area (Å²) < 4.78 is 5.30. The summed E-state index contributed by atoms with van der Waals surface area (Å²) in [6.45, 7) is 2.25. The van der Waals surface area contributed by atoms with Crippen molar-refractivity contribution in [3.05, 3.63) is 90.3 Å². The number of pyridine rings is 1. The van der Waals surface area contributed by atoms with Gasteiger partial charge in [0.1, 0.15) is 5.54 Å². The van der Waals surface area contributed by atoms with E-state index in [4.69, 9.17) is 4.42 Å². The molecule has 0 saturated heterocycles. The van der Waals surface area contributed by atoms with Gasteiger partial charge in [-0.15, -0.1) is 0 Å². The van der Waals surface area contributed by atoms with Crippen molar-refractivity contribution in [2.45, 2.75) is 56.4 Å². The molecule has 0 spiro atoms. The Balaban J connectivity index is 1.42. The molecule has 1 fully saturated rings. The molecule has 5 rings (SSSR count). The fraction of sp³-hybridized carbons (Fsp3) is 0.345. The molecule has 7 nitrogen and oxygen atoms in total. The lowest BCUT2D eigenvalue weighted by Gasteiger charge is -2.38. The van der Waals surface area contributed by atoms with Gasteiger partial charge < -0.3 is 20.0 Å². The Hall–Kier alpha value is -3.87. The quantitative estimate of drug-likeness (QED) is 0.331. The molecule has 3 aromatic heterocycles. The molecule has 1 atom stereocenters. The van der Waals surface area contributed by atoms with E-state index in [-0.39, 0.29) is 17.1 Å². The average Bonchev–Trinajstić information content (AvgIpc) is 3.59. The molecule has 1 aromatic carbocycles. The van der Waals surface area contributed by atoms with Gasteiger partial charge in [-0.05, 0) is 55.7 Å². The molecule has 0 aliphatic heterocycles. The van der Waals surface area contributed by atoms with E-state index in [2.05, 4.69) is 26.7 Å². The second kappa shape index (κ2) is 10.0. The summed E-state index contributed by atoms with van der Waals surface area (Å²) in [4.78, 5) is 34.8. The molecule has 3 N–H and O–H groups in total. The van der Waals surface area contributed by atoms with Crippen molar-refractivity contribution in [3.63, 3.8) is 0 Å². The van der Waals surface area contributed by atoms with Crippen LogP contribution in [0.15, 0.2) is 77.7 Å². The number of nitrogens with one attached hydrogen (secondary N) is 3. The lowest BCUT2D eigenvalue weighted by molar-refractivity contribution is -0.127. The van der Waals surface area contributed by atoms with E-state index in [1.807, 2.05) is 48.8 Å². The highest BCUT2D eigenvalue weighted by Crippen LogP contribution is 2.38. The minimum atomic E-state index is -1.20. The van der Waals surface area contributed by atoms with Gasteiger partial charge in [-0.3, -0.25) is 14.6 Å². The molecule has 186 valence electrons. The second-order valence-electron chi connectivity index (χ2n) is 10.0. The van der Waals surface area contributed by atoms with Crippen LogP contribution in [0.25, 0.3) is 10.9 Å². The van der Waals surface area contributed by atoms with Crippen LogP contribution in [0.4, 0.5) is 0 Å². The number of aromatic amines is 1. The monoisotopic (exact) mass is 484 g/mol. The zero-order valence-corrected chi connectivity index (χ0v) is 20.5. The van der Waals surface area contributed by atoms with Gasteiger partial charge in [0.15, 0.2) is 5.76 Å². The number of benzene rings is 1. The molecular formula is C29H32N4O3. The summed E-state index contributed by atoms with van der Waals surface area (Å²) >= 11 is 0. The SMILES string of the molecule is C[C@@](Cc1c[nH]c2ccccc12)(NC(=O)c1ccco1)C(=O)NCC1(c2ccccn2)CCCCC1. The van der Waals surface area contributed by atoms with E-state index in [9.17, 15) is 9.59 Å². The van der Waals surface area contributed by atoms with Crippen LogP contribution >= 0.6 is 0 Å². The fourth-order valence-corrected chi connectivity index (χ4v) is 5.43. The number of carbonyl (C=O) groups excluding carboxylic acids is 2. The van der Waals surface area contributed by atoms with Gasteiger partial charge in [-0.2, -0.15) is 0 Å². The molecule has 1 saturated carbocycles. The van der Waals surface area contributed by atoms with Gasteiger partial charge in [0.05, 0.1) is 6.26 Å². The van der Waals surface area contributed by atoms with Crippen LogP contribution < -0.4 is 10.6 Å². The third-order valence-electron chi connectivity index (χ3n) is 7.46. The van der Waals surface area contributed by atoms with E-state index in [0.29, 0.717) is 13.0 Å². The number of amides is 2. The summed E-state index contributed by atoms with van der Waals surface area (Å²) in [5.74, 6) is -0.478. The topological polar surface area (TPSA) is 100 Å². The third kappa shape index (κ3) is 4.78. The molecule has 7 heteroatoms. The molecule has 0 bridgehead atoms. The molecule has 0 radical (unpaired) electrons. The average molecular weight is 485 g/mol. The van der Waals surface area contributed by atoms with E-state index in [1.54, 1.807) is 19.1 Å². The van der Waals surface area contributed by atoms with Crippen LogP contribution in [0.3, 0.4) is 0 Å². The van der Waals surface area contributed by atoms with Crippen LogP contribution in [0.2, 0.25) is 0 Å². The number of carbonyl (C=O) groups is 2. The standard InChI is InChI=1S/C29H32N4O3/c1-28(33-26(34)24-12-9-17-36-24,18-21-19-31-23-11-4-3-10-22(21)23)27(35)32-20-29(14-6-2-7-15-29)25-13-5-8-16-30-25/h3-5,8-13,16-17,19,31H,2,6-7,14-15,18,20H2,1H3,(H,32,35)(H,33,34)/t28-/m0/s1. The summed E-state index contributed by atoms with van der Waals surface area (Å²) in [6, 6.07) is 17.2. The normalized spacial score (nSPS) is 16.8. The Bertz CT molecular complexity index is 1320. The molecule has 36 heavy (non-hydrogen) atoms. The molecule has 1 aliphatic rings. The van der Waals surface area contributed by atoms with E-state index >= 15 is 0 Å². The van der Waals surface area contributed by atoms with Gasteiger partial charge in [-0.1, -0.05) is 43.5 Å². The number of hydrogen-bond acceptors (Lipinski definition) is 4. The Morgan fingerprint density at radius 1 is 1.06 bits per heavy atom. The summed E-state index contributed by atoms with van der Waals surface area (Å²) in [6.07, 6.45) is 10.9.